The second-order valence-electron chi connectivity index (χ2n) is 6.56. The molecule has 1 amide bonds. The molecule has 140 valence electrons. The number of furan rings is 1. The van der Waals surface area contributed by atoms with Crippen molar-refractivity contribution in [2.45, 2.75) is 46.8 Å². The van der Waals surface area contributed by atoms with Crippen molar-refractivity contribution in [1.82, 2.24) is 4.90 Å². The molecule has 0 atom stereocenters. The molecule has 0 aliphatic carbocycles. The first kappa shape index (κ1) is 19.6. The van der Waals surface area contributed by atoms with Gasteiger partial charge in [0.05, 0.1) is 6.42 Å². The maximum Gasteiger partial charge on any atom is 0.305 e. The number of carboxylic acids is 1. The average Bonchev–Trinajstić information content (AvgIpc) is 3.02. The number of aryl methyl sites for hydroxylation is 2. The Hall–Kier alpha value is -2.76. The van der Waals surface area contributed by atoms with Crippen LogP contribution in [-0.4, -0.2) is 34.5 Å². The number of aliphatic carboxylic acids is 1. The summed E-state index contributed by atoms with van der Waals surface area (Å²) in [5.74, 6) is 0.230. The van der Waals surface area contributed by atoms with Crippen molar-refractivity contribution >= 4 is 11.9 Å². The van der Waals surface area contributed by atoms with Crippen LogP contribution in [0.25, 0.3) is 0 Å². The third-order valence-corrected chi connectivity index (χ3v) is 4.02. The minimum Gasteiger partial charge on any atom is -0.485 e. The van der Waals surface area contributed by atoms with Gasteiger partial charge in [-0.25, -0.2) is 0 Å². The van der Waals surface area contributed by atoms with Gasteiger partial charge < -0.3 is 19.2 Å². The van der Waals surface area contributed by atoms with E-state index >= 15 is 0 Å². The van der Waals surface area contributed by atoms with Crippen molar-refractivity contribution in [3.8, 4) is 5.75 Å². The number of nitrogens with zero attached hydrogens (tertiary/aromatic N) is 1. The predicted molar refractivity (Wildman–Crippen MR) is 97.4 cm³/mol. The van der Waals surface area contributed by atoms with E-state index in [1.807, 2.05) is 45.9 Å². The fourth-order valence-electron chi connectivity index (χ4n) is 2.63. The zero-order chi connectivity index (χ0) is 19.3. The Bertz CT molecular complexity index is 778. The van der Waals surface area contributed by atoms with Crippen molar-refractivity contribution in [3.05, 3.63) is 53.0 Å². The second kappa shape index (κ2) is 8.56. The van der Waals surface area contributed by atoms with Gasteiger partial charge in [-0.2, -0.15) is 0 Å². The lowest BCUT2D eigenvalue weighted by Crippen LogP contribution is -2.38. The second-order valence-corrected chi connectivity index (χ2v) is 6.56. The first-order chi connectivity index (χ1) is 12.3. The van der Waals surface area contributed by atoms with Gasteiger partial charge >= 0.3 is 5.97 Å². The van der Waals surface area contributed by atoms with Crippen LogP contribution in [0.5, 0.6) is 5.75 Å². The van der Waals surface area contributed by atoms with E-state index in [1.165, 1.54) is 4.90 Å². The van der Waals surface area contributed by atoms with Crippen LogP contribution in [0.1, 0.15) is 47.7 Å². The van der Waals surface area contributed by atoms with Gasteiger partial charge in [-0.15, -0.1) is 0 Å². The van der Waals surface area contributed by atoms with E-state index in [9.17, 15) is 9.59 Å². The van der Waals surface area contributed by atoms with Crippen LogP contribution in [0, 0.1) is 13.8 Å². The topological polar surface area (TPSA) is 80.0 Å². The maximum atomic E-state index is 12.6. The summed E-state index contributed by atoms with van der Waals surface area (Å²) in [6, 6.07) is 9.09. The minimum atomic E-state index is -0.939. The van der Waals surface area contributed by atoms with Crippen molar-refractivity contribution in [1.29, 1.82) is 0 Å². The molecule has 0 unspecified atom stereocenters. The molecular weight excluding hydrogens is 334 g/mol. The molecule has 6 nitrogen and oxygen atoms in total. The summed E-state index contributed by atoms with van der Waals surface area (Å²) in [6.45, 7) is 8.03. The summed E-state index contributed by atoms with van der Waals surface area (Å²) in [5.41, 5.74) is 2.20. The highest BCUT2D eigenvalue weighted by atomic mass is 16.5. The lowest BCUT2D eigenvalue weighted by molar-refractivity contribution is -0.137. The molecule has 0 saturated heterocycles. The van der Waals surface area contributed by atoms with Crippen molar-refractivity contribution < 1.29 is 23.8 Å². The number of ether oxygens (including phenoxy) is 1. The van der Waals surface area contributed by atoms with E-state index < -0.39 is 5.97 Å². The molecule has 0 bridgehead atoms. The molecule has 6 heteroatoms. The smallest absolute Gasteiger partial charge is 0.305 e. The van der Waals surface area contributed by atoms with E-state index in [0.717, 1.165) is 16.9 Å². The molecule has 2 rings (SSSR count). The first-order valence-electron chi connectivity index (χ1n) is 8.59. The molecule has 0 saturated carbocycles. The molecule has 0 fully saturated rings. The SMILES string of the molecule is Cc1ccc(OCc2ccc(C(=O)N(CCC(=O)O)C(C)C)o2)c(C)c1. The molecule has 0 spiro atoms. The van der Waals surface area contributed by atoms with Gasteiger partial charge in [0.1, 0.15) is 18.1 Å². The number of rotatable bonds is 8. The number of benzene rings is 1. The summed E-state index contributed by atoms with van der Waals surface area (Å²) in [5, 5.41) is 8.84. The van der Waals surface area contributed by atoms with E-state index in [4.69, 9.17) is 14.3 Å². The Labute approximate surface area is 153 Å². The van der Waals surface area contributed by atoms with Crippen LogP contribution >= 0.6 is 0 Å². The van der Waals surface area contributed by atoms with Crippen LogP contribution in [-0.2, 0) is 11.4 Å². The third kappa shape index (κ3) is 5.12. The Morgan fingerprint density at radius 2 is 1.92 bits per heavy atom. The zero-order valence-electron chi connectivity index (χ0n) is 15.6. The minimum absolute atomic E-state index is 0.104. The predicted octanol–water partition coefficient (Wildman–Crippen LogP) is 3.80. The molecule has 0 aliphatic rings. The number of hydrogen-bond acceptors (Lipinski definition) is 4. The average molecular weight is 359 g/mol. The number of carbonyl (C=O) groups excluding carboxylic acids is 1. The lowest BCUT2D eigenvalue weighted by atomic mass is 10.1. The van der Waals surface area contributed by atoms with Crippen molar-refractivity contribution in [2.75, 3.05) is 6.54 Å². The van der Waals surface area contributed by atoms with Gasteiger partial charge in [-0.3, -0.25) is 9.59 Å². The third-order valence-electron chi connectivity index (χ3n) is 4.02. The highest BCUT2D eigenvalue weighted by Crippen LogP contribution is 2.21. The summed E-state index contributed by atoms with van der Waals surface area (Å²) in [6.07, 6.45) is -0.104. The number of amides is 1. The van der Waals surface area contributed by atoms with Crippen LogP contribution in [0.15, 0.2) is 34.7 Å². The number of carbonyl (C=O) groups is 2. The van der Waals surface area contributed by atoms with E-state index in [0.29, 0.717) is 5.76 Å². The van der Waals surface area contributed by atoms with Crippen molar-refractivity contribution in [3.63, 3.8) is 0 Å². The molecule has 1 aromatic carbocycles. The van der Waals surface area contributed by atoms with Crippen molar-refractivity contribution in [2.24, 2.45) is 0 Å². The quantitative estimate of drug-likeness (QED) is 0.775. The largest absolute Gasteiger partial charge is 0.485 e. The fraction of sp³-hybridized carbons (Fsp3) is 0.400. The van der Waals surface area contributed by atoms with Gasteiger partial charge in [-0.05, 0) is 51.5 Å². The molecule has 1 heterocycles. The molecule has 0 aliphatic heterocycles. The summed E-state index contributed by atoms with van der Waals surface area (Å²) >= 11 is 0. The number of carboxylic acid groups (broad SMARTS) is 1. The Morgan fingerprint density at radius 3 is 2.54 bits per heavy atom. The van der Waals surface area contributed by atoms with E-state index in [-0.39, 0.29) is 37.3 Å². The monoisotopic (exact) mass is 359 g/mol. The number of hydrogen-bond donors (Lipinski definition) is 1. The van der Waals surface area contributed by atoms with Crippen LogP contribution in [0.4, 0.5) is 0 Å². The molecule has 2 aromatic rings. The molecular formula is C20H25NO5. The molecule has 1 aromatic heterocycles. The van der Waals surface area contributed by atoms with Gasteiger partial charge in [0.15, 0.2) is 5.76 Å². The maximum absolute atomic E-state index is 12.6. The van der Waals surface area contributed by atoms with Gasteiger partial charge in [0, 0.05) is 12.6 Å². The standard InChI is InChI=1S/C20H25NO5/c1-13(2)21(10-9-19(22)23)20(24)18-8-6-16(26-18)12-25-17-7-5-14(3)11-15(17)4/h5-8,11,13H,9-10,12H2,1-4H3,(H,22,23). The normalized spacial score (nSPS) is 10.8. The van der Waals surface area contributed by atoms with Crippen LogP contribution < -0.4 is 4.74 Å². The summed E-state index contributed by atoms with van der Waals surface area (Å²) < 4.78 is 11.4. The van der Waals surface area contributed by atoms with Crippen LogP contribution in [0.3, 0.4) is 0 Å². The van der Waals surface area contributed by atoms with Gasteiger partial charge in [-0.1, -0.05) is 17.7 Å². The Balaban J connectivity index is 2.03. The zero-order valence-corrected chi connectivity index (χ0v) is 15.6. The fourth-order valence-corrected chi connectivity index (χ4v) is 2.63. The lowest BCUT2D eigenvalue weighted by Gasteiger charge is -2.25. The van der Waals surface area contributed by atoms with E-state index in [1.54, 1.807) is 12.1 Å². The molecule has 26 heavy (non-hydrogen) atoms. The first-order valence-corrected chi connectivity index (χ1v) is 8.59. The Morgan fingerprint density at radius 1 is 1.19 bits per heavy atom. The summed E-state index contributed by atoms with van der Waals surface area (Å²) in [7, 11) is 0. The van der Waals surface area contributed by atoms with Crippen LogP contribution in [0.2, 0.25) is 0 Å². The van der Waals surface area contributed by atoms with Gasteiger partial charge in [0.25, 0.3) is 5.91 Å². The highest BCUT2D eigenvalue weighted by Gasteiger charge is 2.22. The van der Waals surface area contributed by atoms with Gasteiger partial charge in [0.2, 0.25) is 0 Å². The Kier molecular flexibility index (Phi) is 6.44. The molecule has 0 radical (unpaired) electrons. The molecule has 1 N–H and O–H groups in total. The highest BCUT2D eigenvalue weighted by molar-refractivity contribution is 5.92. The summed E-state index contributed by atoms with van der Waals surface area (Å²) in [4.78, 5) is 24.8. The van der Waals surface area contributed by atoms with E-state index in [2.05, 4.69) is 0 Å².